The van der Waals surface area contributed by atoms with Crippen LogP contribution in [0.4, 0.5) is 0 Å². The summed E-state index contributed by atoms with van der Waals surface area (Å²) in [5, 5.41) is 30.0. The lowest BCUT2D eigenvalue weighted by molar-refractivity contribution is -0.153. The van der Waals surface area contributed by atoms with E-state index in [1.165, 1.54) is 4.90 Å². The topological polar surface area (TPSA) is 102 Å². The average molecular weight is 451 g/mol. The number of carbonyl (C=O) groups is 2. The van der Waals surface area contributed by atoms with Crippen LogP contribution in [0.25, 0.3) is 0 Å². The van der Waals surface area contributed by atoms with Crippen molar-refractivity contribution < 1.29 is 19.8 Å². The Kier molecular flexibility index (Phi) is 8.03. The molecule has 1 amide bonds. The molecule has 0 aliphatic carbocycles. The number of nitrogens with zero attached hydrogens (tertiary/aromatic N) is 2. The Hall–Kier alpha value is -3.16. The minimum atomic E-state index is -1.83. The van der Waals surface area contributed by atoms with Crippen LogP contribution < -0.4 is 0 Å². The highest BCUT2D eigenvalue weighted by Crippen LogP contribution is 2.33. The molecule has 3 atom stereocenters. The maximum Gasteiger partial charge on any atom is 0.255 e. The van der Waals surface area contributed by atoms with E-state index in [4.69, 9.17) is 16.9 Å². The molecule has 2 aromatic carbocycles. The van der Waals surface area contributed by atoms with E-state index in [-0.39, 0.29) is 18.9 Å². The summed E-state index contributed by atoms with van der Waals surface area (Å²) in [5.41, 5.74) is 2.09. The third kappa shape index (κ3) is 5.75. The van der Waals surface area contributed by atoms with Gasteiger partial charge in [0.2, 0.25) is 0 Å². The van der Waals surface area contributed by atoms with Gasteiger partial charge in [-0.25, -0.2) is 0 Å². The number of rotatable bonds is 6. The molecule has 1 aliphatic heterocycles. The molecule has 0 aromatic heterocycles. The molecule has 0 bridgehead atoms. The number of aliphatic hydroxyl groups is 2. The number of hydrogen-bond acceptors (Lipinski definition) is 5. The smallest absolute Gasteiger partial charge is 0.255 e. The molecule has 1 heterocycles. The number of ketones is 1. The standard InChI is InChI=1S/C25H23ClN2O4/c26-20-7-3-6-19(15-20)21-8-4-14-28(21)25(32)24(31)23(30)22(29)9-2-1-5-17-10-12-18(16-27)13-11-17/h3,6-7,10-13,15,21,23-24,30-31H,2,4,8-9,14H2/t21?,23-,24+/m0/s1. The number of nitriles is 1. The van der Waals surface area contributed by atoms with Crippen molar-refractivity contribution in [1.82, 2.24) is 4.90 Å². The summed E-state index contributed by atoms with van der Waals surface area (Å²) < 4.78 is 0. The van der Waals surface area contributed by atoms with Crippen LogP contribution in [0.3, 0.4) is 0 Å². The van der Waals surface area contributed by atoms with Crippen LogP contribution in [-0.2, 0) is 9.59 Å². The van der Waals surface area contributed by atoms with Crippen LogP contribution in [0.5, 0.6) is 0 Å². The molecule has 32 heavy (non-hydrogen) atoms. The van der Waals surface area contributed by atoms with E-state index in [1.54, 1.807) is 42.5 Å². The molecule has 1 unspecified atom stereocenters. The maximum atomic E-state index is 12.8. The lowest BCUT2D eigenvalue weighted by Crippen LogP contribution is -2.47. The lowest BCUT2D eigenvalue weighted by Gasteiger charge is -2.28. The van der Waals surface area contributed by atoms with E-state index in [2.05, 4.69) is 11.8 Å². The van der Waals surface area contributed by atoms with Gasteiger partial charge in [-0.15, -0.1) is 0 Å². The number of likely N-dealkylation sites (tertiary alicyclic amines) is 1. The first-order valence-electron chi connectivity index (χ1n) is 10.3. The molecule has 1 fully saturated rings. The molecule has 0 spiro atoms. The van der Waals surface area contributed by atoms with Crippen molar-refractivity contribution in [3.63, 3.8) is 0 Å². The molecule has 0 radical (unpaired) electrons. The van der Waals surface area contributed by atoms with Gasteiger partial charge in [0.25, 0.3) is 5.91 Å². The molecule has 7 heteroatoms. The Morgan fingerprint density at radius 2 is 1.84 bits per heavy atom. The predicted octanol–water partition coefficient (Wildman–Crippen LogP) is 3.00. The first kappa shape index (κ1) is 23.5. The van der Waals surface area contributed by atoms with Gasteiger partial charge >= 0.3 is 0 Å². The van der Waals surface area contributed by atoms with Crippen LogP contribution in [-0.4, -0.2) is 45.6 Å². The van der Waals surface area contributed by atoms with Crippen molar-refractivity contribution in [2.45, 2.75) is 43.9 Å². The van der Waals surface area contributed by atoms with Gasteiger partial charge in [-0.1, -0.05) is 35.6 Å². The summed E-state index contributed by atoms with van der Waals surface area (Å²) >= 11 is 6.06. The van der Waals surface area contributed by atoms with Gasteiger partial charge in [0, 0.05) is 30.0 Å². The van der Waals surface area contributed by atoms with Gasteiger partial charge in [0.05, 0.1) is 17.7 Å². The lowest BCUT2D eigenvalue weighted by atomic mass is 10.0. The Morgan fingerprint density at radius 3 is 2.53 bits per heavy atom. The molecule has 6 nitrogen and oxygen atoms in total. The van der Waals surface area contributed by atoms with Crippen LogP contribution >= 0.6 is 11.6 Å². The Labute approximate surface area is 192 Å². The summed E-state index contributed by atoms with van der Waals surface area (Å²) in [6, 6.07) is 15.7. The van der Waals surface area contributed by atoms with Crippen molar-refractivity contribution >= 4 is 23.3 Å². The van der Waals surface area contributed by atoms with E-state index in [0.717, 1.165) is 12.0 Å². The maximum absolute atomic E-state index is 12.8. The highest BCUT2D eigenvalue weighted by atomic mass is 35.5. The average Bonchev–Trinajstić information content (AvgIpc) is 3.30. The molecular weight excluding hydrogens is 428 g/mol. The SMILES string of the molecule is N#Cc1ccc(C#CCCC(=O)[C@H](O)[C@@H](O)C(=O)N2CCCC2c2cccc(Cl)c2)cc1. The highest BCUT2D eigenvalue weighted by molar-refractivity contribution is 6.30. The Balaban J connectivity index is 1.56. The summed E-state index contributed by atoms with van der Waals surface area (Å²) in [6.07, 6.45) is -2.08. The van der Waals surface area contributed by atoms with E-state index in [0.29, 0.717) is 29.1 Å². The molecular formula is C25H23ClN2O4. The van der Waals surface area contributed by atoms with Crippen LogP contribution in [0.2, 0.25) is 5.02 Å². The number of aliphatic hydroxyl groups excluding tert-OH is 2. The molecule has 3 rings (SSSR count). The third-order valence-electron chi connectivity index (χ3n) is 5.39. The second-order valence-electron chi connectivity index (χ2n) is 7.59. The highest BCUT2D eigenvalue weighted by Gasteiger charge is 2.38. The Morgan fingerprint density at radius 1 is 1.12 bits per heavy atom. The number of amides is 1. The Bertz CT molecular complexity index is 1080. The fourth-order valence-electron chi connectivity index (χ4n) is 3.70. The van der Waals surface area contributed by atoms with Crippen LogP contribution in [0.15, 0.2) is 48.5 Å². The van der Waals surface area contributed by atoms with Gasteiger partial charge in [0.15, 0.2) is 11.9 Å². The largest absolute Gasteiger partial charge is 0.382 e. The fraction of sp³-hybridized carbons (Fsp3) is 0.320. The number of benzene rings is 2. The number of Topliss-reactive ketones (excluding diaryl/α,β-unsaturated/α-hetero) is 1. The van der Waals surface area contributed by atoms with E-state index in [9.17, 15) is 19.8 Å². The first-order chi connectivity index (χ1) is 15.4. The minimum Gasteiger partial charge on any atom is -0.382 e. The van der Waals surface area contributed by atoms with Crippen LogP contribution in [0, 0.1) is 23.2 Å². The molecule has 2 N–H and O–H groups in total. The second-order valence-corrected chi connectivity index (χ2v) is 8.03. The summed E-state index contributed by atoms with van der Waals surface area (Å²) in [4.78, 5) is 26.6. The zero-order valence-corrected chi connectivity index (χ0v) is 18.1. The second kappa shape index (κ2) is 10.9. The normalized spacial score (nSPS) is 17.1. The van der Waals surface area contributed by atoms with Crippen molar-refractivity contribution in [1.29, 1.82) is 5.26 Å². The van der Waals surface area contributed by atoms with Gasteiger partial charge in [-0.3, -0.25) is 9.59 Å². The first-order valence-corrected chi connectivity index (χ1v) is 10.7. The molecule has 2 aromatic rings. The van der Waals surface area contributed by atoms with Gasteiger partial charge in [-0.2, -0.15) is 5.26 Å². The summed E-state index contributed by atoms with van der Waals surface area (Å²) in [5.74, 6) is 4.39. The van der Waals surface area contributed by atoms with Crippen molar-refractivity contribution in [3.8, 4) is 17.9 Å². The zero-order chi connectivity index (χ0) is 23.1. The van der Waals surface area contributed by atoms with Gasteiger partial charge < -0.3 is 15.1 Å². The number of hydrogen-bond donors (Lipinski definition) is 2. The molecule has 1 aliphatic rings. The fourth-order valence-corrected chi connectivity index (χ4v) is 3.90. The van der Waals surface area contributed by atoms with Crippen molar-refractivity contribution in [3.05, 3.63) is 70.2 Å². The molecule has 0 saturated carbocycles. The summed E-state index contributed by atoms with van der Waals surface area (Å²) in [7, 11) is 0. The summed E-state index contributed by atoms with van der Waals surface area (Å²) in [6.45, 7) is 0.435. The quantitative estimate of drug-likeness (QED) is 0.659. The predicted molar refractivity (Wildman–Crippen MR) is 119 cm³/mol. The third-order valence-corrected chi connectivity index (χ3v) is 5.63. The number of halogens is 1. The minimum absolute atomic E-state index is 0.0908. The van der Waals surface area contributed by atoms with Gasteiger partial charge in [0.1, 0.15) is 6.10 Å². The molecule has 1 saturated heterocycles. The van der Waals surface area contributed by atoms with Crippen molar-refractivity contribution in [2.75, 3.05) is 6.54 Å². The van der Waals surface area contributed by atoms with E-state index >= 15 is 0 Å². The molecule has 164 valence electrons. The zero-order valence-electron chi connectivity index (χ0n) is 17.4. The number of carbonyl (C=O) groups excluding carboxylic acids is 2. The van der Waals surface area contributed by atoms with E-state index in [1.807, 2.05) is 12.1 Å². The van der Waals surface area contributed by atoms with Crippen LogP contribution in [0.1, 0.15) is 48.4 Å². The monoisotopic (exact) mass is 450 g/mol. The van der Waals surface area contributed by atoms with Gasteiger partial charge in [-0.05, 0) is 54.8 Å². The van der Waals surface area contributed by atoms with E-state index < -0.39 is 23.9 Å². The van der Waals surface area contributed by atoms with Crippen molar-refractivity contribution in [2.24, 2.45) is 0 Å².